The van der Waals surface area contributed by atoms with Gasteiger partial charge < -0.3 is 14.6 Å². The Morgan fingerprint density at radius 2 is 2.11 bits per heavy atom. The monoisotopic (exact) mass is 413 g/mol. The maximum atomic E-state index is 12.2. The van der Waals surface area contributed by atoms with Crippen molar-refractivity contribution < 1.29 is 22.5 Å². The molecule has 1 aromatic carbocycles. The maximum absolute atomic E-state index is 12.2. The third-order valence-electron chi connectivity index (χ3n) is 4.28. The fraction of sp³-hybridized carbons (Fsp3) is 0.412. The summed E-state index contributed by atoms with van der Waals surface area (Å²) in [6.45, 7) is 1.09. The van der Waals surface area contributed by atoms with Crippen LogP contribution in [0.2, 0.25) is 5.02 Å². The molecule has 27 heavy (non-hydrogen) atoms. The molecule has 0 aliphatic carbocycles. The highest BCUT2D eigenvalue weighted by molar-refractivity contribution is 7.88. The summed E-state index contributed by atoms with van der Waals surface area (Å²) in [5, 5.41) is 6.78. The van der Waals surface area contributed by atoms with E-state index in [0.717, 1.165) is 0 Å². The predicted molar refractivity (Wildman–Crippen MR) is 99.2 cm³/mol. The van der Waals surface area contributed by atoms with Gasteiger partial charge in [0, 0.05) is 24.7 Å². The number of hydrogen-bond donors (Lipinski definition) is 1. The molecule has 2 aromatic rings. The third-order valence-corrected chi connectivity index (χ3v) is 5.88. The fourth-order valence-corrected chi connectivity index (χ4v) is 3.90. The number of aromatic nitrogens is 1. The Hall–Kier alpha value is -2.10. The van der Waals surface area contributed by atoms with Crippen molar-refractivity contribution in [1.29, 1.82) is 0 Å². The van der Waals surface area contributed by atoms with Gasteiger partial charge in [0.05, 0.1) is 17.8 Å². The Morgan fingerprint density at radius 3 is 2.70 bits per heavy atom. The second-order valence-corrected chi connectivity index (χ2v) is 8.69. The van der Waals surface area contributed by atoms with Crippen LogP contribution in [0.4, 0.5) is 0 Å². The van der Waals surface area contributed by atoms with E-state index in [0.29, 0.717) is 48.0 Å². The topological polar surface area (TPSA) is 102 Å². The lowest BCUT2D eigenvalue weighted by molar-refractivity contribution is 0.0950. The number of nitrogens with zero attached hydrogens (tertiary/aromatic N) is 2. The maximum Gasteiger partial charge on any atom is 0.251 e. The normalized spacial score (nSPS) is 16.2. The molecule has 1 amide bonds. The van der Waals surface area contributed by atoms with Crippen molar-refractivity contribution >= 4 is 27.5 Å². The largest absolute Gasteiger partial charge is 0.489 e. The lowest BCUT2D eigenvalue weighted by Gasteiger charge is -2.30. The van der Waals surface area contributed by atoms with Crippen LogP contribution in [0.1, 0.15) is 28.9 Å². The summed E-state index contributed by atoms with van der Waals surface area (Å²) >= 11 is 6.26. The number of carbonyl (C=O) groups is 1. The summed E-state index contributed by atoms with van der Waals surface area (Å²) in [7, 11) is -3.17. The van der Waals surface area contributed by atoms with Gasteiger partial charge in [-0.2, -0.15) is 0 Å². The van der Waals surface area contributed by atoms with Gasteiger partial charge in [-0.15, -0.1) is 0 Å². The second-order valence-electron chi connectivity index (χ2n) is 6.30. The highest BCUT2D eigenvalue weighted by Crippen LogP contribution is 2.28. The quantitative estimate of drug-likeness (QED) is 0.777. The zero-order chi connectivity index (χ0) is 19.4. The smallest absolute Gasteiger partial charge is 0.251 e. The zero-order valence-electron chi connectivity index (χ0n) is 14.7. The first-order valence-corrected chi connectivity index (χ1v) is 10.6. The fourth-order valence-electron chi connectivity index (χ4n) is 2.80. The van der Waals surface area contributed by atoms with Crippen LogP contribution in [-0.2, 0) is 16.6 Å². The number of amides is 1. The molecule has 3 rings (SSSR count). The van der Waals surface area contributed by atoms with Crippen LogP contribution in [-0.4, -0.2) is 49.2 Å². The molecule has 0 spiro atoms. The Balaban J connectivity index is 1.56. The van der Waals surface area contributed by atoms with E-state index in [1.165, 1.54) is 16.8 Å². The molecule has 1 aliphatic rings. The Labute approximate surface area is 162 Å². The van der Waals surface area contributed by atoms with Gasteiger partial charge in [-0.25, -0.2) is 12.7 Å². The van der Waals surface area contributed by atoms with Crippen LogP contribution in [0.5, 0.6) is 5.75 Å². The molecule has 0 saturated carbocycles. The molecule has 0 radical (unpaired) electrons. The van der Waals surface area contributed by atoms with Gasteiger partial charge in [-0.3, -0.25) is 4.79 Å². The summed E-state index contributed by atoms with van der Waals surface area (Å²) in [4.78, 5) is 12.2. The molecule has 1 fully saturated rings. The summed E-state index contributed by atoms with van der Waals surface area (Å²) < 4.78 is 35.1. The van der Waals surface area contributed by atoms with Crippen molar-refractivity contribution in [2.24, 2.45) is 0 Å². The number of halogens is 1. The molecule has 2 heterocycles. The van der Waals surface area contributed by atoms with Crippen molar-refractivity contribution in [1.82, 2.24) is 14.8 Å². The van der Waals surface area contributed by atoms with Crippen LogP contribution < -0.4 is 10.1 Å². The first kappa shape index (κ1) is 19.7. The lowest BCUT2D eigenvalue weighted by Crippen LogP contribution is -2.41. The Morgan fingerprint density at radius 1 is 1.37 bits per heavy atom. The van der Waals surface area contributed by atoms with E-state index in [-0.39, 0.29) is 18.6 Å². The van der Waals surface area contributed by atoms with Crippen LogP contribution in [0.3, 0.4) is 0 Å². The number of ether oxygens (including phenoxy) is 1. The molecule has 0 unspecified atom stereocenters. The van der Waals surface area contributed by atoms with E-state index in [4.69, 9.17) is 20.9 Å². The third kappa shape index (κ3) is 5.21. The first-order chi connectivity index (χ1) is 12.8. The van der Waals surface area contributed by atoms with Crippen LogP contribution in [0, 0.1) is 0 Å². The minimum Gasteiger partial charge on any atom is -0.489 e. The van der Waals surface area contributed by atoms with Gasteiger partial charge in [-0.05, 0) is 31.0 Å². The van der Waals surface area contributed by atoms with E-state index < -0.39 is 10.0 Å². The zero-order valence-corrected chi connectivity index (χ0v) is 16.3. The minimum atomic E-state index is -3.17. The van der Waals surface area contributed by atoms with E-state index in [1.54, 1.807) is 24.3 Å². The second kappa shape index (κ2) is 8.28. The molecular formula is C17H20ClN3O5S. The van der Waals surface area contributed by atoms with Crippen molar-refractivity contribution in [3.63, 3.8) is 0 Å². The van der Waals surface area contributed by atoms with E-state index in [2.05, 4.69) is 10.5 Å². The highest BCUT2D eigenvalue weighted by Gasteiger charge is 2.26. The van der Waals surface area contributed by atoms with Crippen LogP contribution >= 0.6 is 11.6 Å². The van der Waals surface area contributed by atoms with Gasteiger partial charge in [0.1, 0.15) is 23.8 Å². The molecule has 0 atom stereocenters. The first-order valence-electron chi connectivity index (χ1n) is 8.42. The average Bonchev–Trinajstić information content (AvgIpc) is 3.14. The minimum absolute atomic E-state index is 0.118. The molecule has 1 N–H and O–H groups in total. The van der Waals surface area contributed by atoms with Crippen molar-refractivity contribution in [2.45, 2.75) is 25.5 Å². The van der Waals surface area contributed by atoms with Crippen molar-refractivity contribution in [2.75, 3.05) is 19.3 Å². The van der Waals surface area contributed by atoms with E-state index in [1.807, 2.05) is 0 Å². The molecule has 146 valence electrons. The Kier molecular flexibility index (Phi) is 6.03. The number of nitrogens with one attached hydrogen (secondary N) is 1. The molecule has 1 aliphatic heterocycles. The summed E-state index contributed by atoms with van der Waals surface area (Å²) in [6.07, 6.45) is 3.70. The number of sulfonamides is 1. The number of carbonyl (C=O) groups excluding carboxylic acids is 1. The molecule has 1 saturated heterocycles. The number of piperidine rings is 1. The molecular weight excluding hydrogens is 394 g/mol. The summed E-state index contributed by atoms with van der Waals surface area (Å²) in [5.74, 6) is 0.190. The molecule has 8 nitrogen and oxygen atoms in total. The van der Waals surface area contributed by atoms with Gasteiger partial charge in [0.15, 0.2) is 0 Å². The predicted octanol–water partition coefficient (Wildman–Crippen LogP) is 2.06. The van der Waals surface area contributed by atoms with Gasteiger partial charge >= 0.3 is 0 Å². The van der Waals surface area contributed by atoms with Crippen molar-refractivity contribution in [3.05, 3.63) is 46.8 Å². The van der Waals surface area contributed by atoms with E-state index >= 15 is 0 Å². The SMILES string of the molecule is CS(=O)(=O)N1CCC(Oc2ccc(C(=O)NCc3ccon3)cc2Cl)CC1. The summed E-state index contributed by atoms with van der Waals surface area (Å²) in [6, 6.07) is 6.49. The molecule has 1 aromatic heterocycles. The van der Waals surface area contributed by atoms with Crippen LogP contribution in [0.15, 0.2) is 35.1 Å². The average molecular weight is 414 g/mol. The van der Waals surface area contributed by atoms with Crippen molar-refractivity contribution in [3.8, 4) is 5.75 Å². The molecule has 10 heteroatoms. The number of hydrogen-bond acceptors (Lipinski definition) is 6. The van der Waals surface area contributed by atoms with Gasteiger partial charge in [0.2, 0.25) is 10.0 Å². The van der Waals surface area contributed by atoms with Gasteiger partial charge in [-0.1, -0.05) is 16.8 Å². The lowest BCUT2D eigenvalue weighted by atomic mass is 10.1. The van der Waals surface area contributed by atoms with Crippen LogP contribution in [0.25, 0.3) is 0 Å². The standard InChI is InChI=1S/C17H20ClN3O5S/c1-27(23,24)21-7-4-14(5-8-21)26-16-3-2-12(10-15(16)18)17(22)19-11-13-6-9-25-20-13/h2-3,6,9-10,14H,4-5,7-8,11H2,1H3,(H,19,22). The number of benzene rings is 1. The van der Waals surface area contributed by atoms with Gasteiger partial charge in [0.25, 0.3) is 5.91 Å². The highest BCUT2D eigenvalue weighted by atomic mass is 35.5. The van der Waals surface area contributed by atoms with E-state index in [9.17, 15) is 13.2 Å². The molecule has 0 bridgehead atoms. The summed E-state index contributed by atoms with van der Waals surface area (Å²) in [5.41, 5.74) is 1.03. The Bertz CT molecular complexity index is 893. The number of rotatable bonds is 6.